The van der Waals surface area contributed by atoms with Gasteiger partial charge in [-0.2, -0.15) is 0 Å². The van der Waals surface area contributed by atoms with E-state index >= 15 is 0 Å². The molecule has 0 N–H and O–H groups in total. The molecule has 0 heterocycles. The van der Waals surface area contributed by atoms with Gasteiger partial charge < -0.3 is 0 Å². The van der Waals surface area contributed by atoms with E-state index in [0.29, 0.717) is 0 Å². The van der Waals surface area contributed by atoms with Gasteiger partial charge in [0.05, 0.1) is 0 Å². The zero-order valence-electron chi connectivity index (χ0n) is 5.44. The molecule has 1 aliphatic carbocycles. The SMILES string of the molecule is CC(C)[C@H]1C[C@@H]1C. The van der Waals surface area contributed by atoms with Crippen LogP contribution in [0.1, 0.15) is 27.2 Å². The van der Waals surface area contributed by atoms with Gasteiger partial charge in [0.25, 0.3) is 0 Å². The number of hydrogen-bond donors (Lipinski definition) is 0. The smallest absolute Gasteiger partial charge is 0.0363 e. The van der Waals surface area contributed by atoms with Gasteiger partial charge in [-0.3, -0.25) is 0 Å². The molecule has 42 valence electrons. The van der Waals surface area contributed by atoms with Gasteiger partial charge in [0.1, 0.15) is 0 Å². The van der Waals surface area contributed by atoms with E-state index in [1.54, 1.807) is 0 Å². The van der Waals surface area contributed by atoms with Crippen molar-refractivity contribution in [1.29, 1.82) is 0 Å². The van der Waals surface area contributed by atoms with Gasteiger partial charge in [-0.15, -0.1) is 0 Å². The Labute approximate surface area is 45.9 Å². The van der Waals surface area contributed by atoms with Crippen LogP contribution in [0.2, 0.25) is 0 Å². The first-order chi connectivity index (χ1) is 3.22. The van der Waals surface area contributed by atoms with Crippen molar-refractivity contribution in [3.8, 4) is 0 Å². The van der Waals surface area contributed by atoms with Crippen LogP contribution in [0.4, 0.5) is 0 Å². The molecule has 0 unspecified atom stereocenters. The monoisotopic (exact) mass is 98.1 g/mol. The summed E-state index contributed by atoms with van der Waals surface area (Å²) in [4.78, 5) is 0. The molecule has 0 heteroatoms. The maximum absolute atomic E-state index is 2.34. The van der Waals surface area contributed by atoms with Crippen LogP contribution in [0.15, 0.2) is 0 Å². The lowest BCUT2D eigenvalue weighted by atomic mass is 10.1. The minimum atomic E-state index is 0.940. The molecule has 0 aromatic carbocycles. The Balaban J connectivity index is 2.20. The Morgan fingerprint density at radius 3 is 1.86 bits per heavy atom. The van der Waals surface area contributed by atoms with Gasteiger partial charge in [-0.05, 0) is 24.2 Å². The van der Waals surface area contributed by atoms with Crippen LogP contribution in [0, 0.1) is 17.8 Å². The van der Waals surface area contributed by atoms with Gasteiger partial charge in [-0.1, -0.05) is 20.8 Å². The highest BCUT2D eigenvalue weighted by Gasteiger charge is 2.34. The lowest BCUT2D eigenvalue weighted by Crippen LogP contribution is -1.89. The Morgan fingerprint density at radius 1 is 1.43 bits per heavy atom. The molecule has 0 amide bonds. The quantitative estimate of drug-likeness (QED) is 0.472. The Kier molecular flexibility index (Phi) is 1.10. The van der Waals surface area contributed by atoms with Crippen molar-refractivity contribution in [1.82, 2.24) is 0 Å². The number of rotatable bonds is 1. The second-order valence-corrected chi connectivity index (χ2v) is 3.12. The molecule has 0 nitrogen and oxygen atoms in total. The molecular formula is C7H14. The molecule has 0 aromatic rings. The minimum absolute atomic E-state index is 0.940. The predicted octanol–water partition coefficient (Wildman–Crippen LogP) is 2.30. The highest BCUT2D eigenvalue weighted by Crippen LogP contribution is 2.43. The first-order valence-corrected chi connectivity index (χ1v) is 3.22. The summed E-state index contributed by atoms with van der Waals surface area (Å²) < 4.78 is 0. The molecule has 1 saturated carbocycles. The molecule has 1 fully saturated rings. The second-order valence-electron chi connectivity index (χ2n) is 3.12. The van der Waals surface area contributed by atoms with Crippen molar-refractivity contribution in [3.63, 3.8) is 0 Å². The Hall–Kier alpha value is 0. The third kappa shape index (κ3) is 0.960. The molecule has 1 aliphatic rings. The molecule has 2 atom stereocenters. The second kappa shape index (κ2) is 1.50. The van der Waals surface area contributed by atoms with Gasteiger partial charge in [0.2, 0.25) is 0 Å². The molecule has 0 saturated heterocycles. The molecule has 0 spiro atoms. The first kappa shape index (κ1) is 5.14. The molecular weight excluding hydrogens is 84.1 g/mol. The van der Waals surface area contributed by atoms with Gasteiger partial charge in [0.15, 0.2) is 0 Å². The van der Waals surface area contributed by atoms with Crippen molar-refractivity contribution in [3.05, 3.63) is 0 Å². The third-order valence-electron chi connectivity index (χ3n) is 2.03. The summed E-state index contributed by atoms with van der Waals surface area (Å²) in [6, 6.07) is 0. The third-order valence-corrected chi connectivity index (χ3v) is 2.03. The maximum atomic E-state index is 2.34. The summed E-state index contributed by atoms with van der Waals surface area (Å²) in [6.07, 6.45) is 1.48. The van der Waals surface area contributed by atoms with Crippen LogP contribution >= 0.6 is 0 Å². The van der Waals surface area contributed by atoms with E-state index in [-0.39, 0.29) is 0 Å². The van der Waals surface area contributed by atoms with E-state index in [1.165, 1.54) is 6.42 Å². The lowest BCUT2D eigenvalue weighted by molar-refractivity contribution is 0.530. The molecule has 0 aliphatic heterocycles. The molecule has 0 radical (unpaired) electrons. The summed E-state index contributed by atoms with van der Waals surface area (Å²) in [7, 11) is 0. The highest BCUT2D eigenvalue weighted by atomic mass is 14.4. The van der Waals surface area contributed by atoms with Crippen LogP contribution in [-0.2, 0) is 0 Å². The highest BCUT2D eigenvalue weighted by molar-refractivity contribution is 4.84. The average molecular weight is 98.2 g/mol. The van der Waals surface area contributed by atoms with E-state index in [0.717, 1.165) is 17.8 Å². The number of hydrogen-bond acceptors (Lipinski definition) is 0. The van der Waals surface area contributed by atoms with Crippen LogP contribution in [0.3, 0.4) is 0 Å². The normalized spacial score (nSPS) is 39.4. The topological polar surface area (TPSA) is 0 Å². The van der Waals surface area contributed by atoms with E-state index < -0.39 is 0 Å². The Morgan fingerprint density at radius 2 is 1.86 bits per heavy atom. The zero-order valence-corrected chi connectivity index (χ0v) is 5.44. The van der Waals surface area contributed by atoms with Crippen molar-refractivity contribution >= 4 is 0 Å². The summed E-state index contributed by atoms with van der Waals surface area (Å²) >= 11 is 0. The molecule has 1 rings (SSSR count). The van der Waals surface area contributed by atoms with Gasteiger partial charge in [0, 0.05) is 0 Å². The summed E-state index contributed by atoms with van der Waals surface area (Å²) in [5.74, 6) is 3.05. The van der Waals surface area contributed by atoms with Crippen molar-refractivity contribution in [2.75, 3.05) is 0 Å². The molecule has 7 heavy (non-hydrogen) atoms. The molecule has 0 aromatic heterocycles. The van der Waals surface area contributed by atoms with Gasteiger partial charge >= 0.3 is 0 Å². The standard InChI is InChI=1S/C7H14/c1-5(2)7-4-6(7)3/h5-7H,4H2,1-3H3/t6-,7+/m0/s1. The molecule has 0 bridgehead atoms. The van der Waals surface area contributed by atoms with Crippen molar-refractivity contribution in [2.24, 2.45) is 17.8 Å². The fourth-order valence-electron chi connectivity index (χ4n) is 1.28. The van der Waals surface area contributed by atoms with Gasteiger partial charge in [-0.25, -0.2) is 0 Å². The summed E-state index contributed by atoms with van der Waals surface area (Å²) in [5.41, 5.74) is 0. The average Bonchev–Trinajstić information content (AvgIpc) is 2.17. The largest absolute Gasteiger partial charge is 0.0625 e. The Bertz CT molecular complexity index is 64.4. The van der Waals surface area contributed by atoms with E-state index in [9.17, 15) is 0 Å². The first-order valence-electron chi connectivity index (χ1n) is 3.22. The maximum Gasteiger partial charge on any atom is -0.0363 e. The van der Waals surface area contributed by atoms with Crippen LogP contribution < -0.4 is 0 Å². The fraction of sp³-hybridized carbons (Fsp3) is 1.00. The van der Waals surface area contributed by atoms with Crippen molar-refractivity contribution < 1.29 is 0 Å². The summed E-state index contributed by atoms with van der Waals surface area (Å²) in [5, 5.41) is 0. The van der Waals surface area contributed by atoms with E-state index in [1.807, 2.05) is 0 Å². The zero-order chi connectivity index (χ0) is 5.44. The van der Waals surface area contributed by atoms with E-state index in [2.05, 4.69) is 20.8 Å². The van der Waals surface area contributed by atoms with Crippen LogP contribution in [0.25, 0.3) is 0 Å². The predicted molar refractivity (Wildman–Crippen MR) is 32.1 cm³/mol. The lowest BCUT2D eigenvalue weighted by Gasteiger charge is -1.97. The van der Waals surface area contributed by atoms with Crippen LogP contribution in [-0.4, -0.2) is 0 Å². The minimum Gasteiger partial charge on any atom is -0.0625 e. The van der Waals surface area contributed by atoms with Crippen LogP contribution in [0.5, 0.6) is 0 Å². The fourth-order valence-corrected chi connectivity index (χ4v) is 1.28. The van der Waals surface area contributed by atoms with Crippen molar-refractivity contribution in [2.45, 2.75) is 27.2 Å². The van der Waals surface area contributed by atoms with E-state index in [4.69, 9.17) is 0 Å². The summed E-state index contributed by atoms with van der Waals surface area (Å²) in [6.45, 7) is 6.97.